The minimum atomic E-state index is -0.597. The lowest BCUT2D eigenvalue weighted by molar-refractivity contribution is -0.124. The molecule has 0 radical (unpaired) electrons. The summed E-state index contributed by atoms with van der Waals surface area (Å²) in [6.45, 7) is 11.6. The van der Waals surface area contributed by atoms with Crippen LogP contribution < -0.4 is 10.6 Å². The van der Waals surface area contributed by atoms with Gasteiger partial charge in [0.05, 0.1) is 18.1 Å². The summed E-state index contributed by atoms with van der Waals surface area (Å²) in [6.07, 6.45) is 0. The van der Waals surface area contributed by atoms with Gasteiger partial charge in [0.1, 0.15) is 0 Å². The smallest absolute Gasteiger partial charge is 0.229 e. The van der Waals surface area contributed by atoms with Gasteiger partial charge in [-0.25, -0.2) is 0 Å². The quantitative estimate of drug-likeness (QED) is 0.801. The molecular weight excluding hydrogens is 276 g/mol. The third kappa shape index (κ3) is 3.68. The Hall–Kier alpha value is -1.39. The Morgan fingerprint density at radius 3 is 2.59 bits per heavy atom. The number of rotatable bonds is 3. The second-order valence-corrected chi connectivity index (χ2v) is 7.88. The van der Waals surface area contributed by atoms with Crippen LogP contribution in [0.15, 0.2) is 18.2 Å². The summed E-state index contributed by atoms with van der Waals surface area (Å²) >= 11 is 0. The van der Waals surface area contributed by atoms with Crippen molar-refractivity contribution in [2.75, 3.05) is 13.2 Å². The van der Waals surface area contributed by atoms with Crippen LogP contribution in [0.3, 0.4) is 0 Å². The van der Waals surface area contributed by atoms with Gasteiger partial charge in [0.15, 0.2) is 0 Å². The number of nitrogens with one attached hydrogen (secondary N) is 2. The van der Waals surface area contributed by atoms with Crippen molar-refractivity contribution in [3.63, 3.8) is 0 Å². The van der Waals surface area contributed by atoms with Crippen LogP contribution in [0.5, 0.6) is 0 Å². The van der Waals surface area contributed by atoms with E-state index in [0.29, 0.717) is 6.54 Å². The highest BCUT2D eigenvalue weighted by Gasteiger charge is 2.30. The molecule has 0 saturated heterocycles. The lowest BCUT2D eigenvalue weighted by Crippen LogP contribution is -2.50. The minimum Gasteiger partial charge on any atom is -0.394 e. The lowest BCUT2D eigenvalue weighted by Gasteiger charge is -2.31. The highest BCUT2D eigenvalue weighted by atomic mass is 16.3. The Morgan fingerprint density at radius 2 is 2.00 bits per heavy atom. The molecular formula is C18H28N2O2. The molecule has 4 nitrogen and oxygen atoms in total. The summed E-state index contributed by atoms with van der Waals surface area (Å²) in [7, 11) is 0. The molecule has 0 saturated carbocycles. The molecule has 4 heteroatoms. The van der Waals surface area contributed by atoms with Gasteiger partial charge in [-0.3, -0.25) is 4.79 Å². The number of amides is 1. The molecule has 0 fully saturated rings. The second kappa shape index (κ2) is 6.01. The largest absolute Gasteiger partial charge is 0.394 e. The van der Waals surface area contributed by atoms with Crippen molar-refractivity contribution in [1.29, 1.82) is 0 Å². The average Bonchev–Trinajstić information content (AvgIpc) is 2.44. The molecule has 122 valence electrons. The molecule has 1 heterocycles. The van der Waals surface area contributed by atoms with Crippen molar-refractivity contribution >= 4 is 5.91 Å². The van der Waals surface area contributed by atoms with E-state index in [4.69, 9.17) is 0 Å². The van der Waals surface area contributed by atoms with E-state index >= 15 is 0 Å². The zero-order valence-electron chi connectivity index (χ0n) is 14.3. The Balaban J connectivity index is 2.27. The van der Waals surface area contributed by atoms with Crippen molar-refractivity contribution in [1.82, 2.24) is 10.6 Å². The SMILES string of the molecule is CC(C)(CO)NC(=O)C1CNCc2cc(C(C)(C)C)ccc21. The molecule has 0 aliphatic carbocycles. The zero-order chi connectivity index (χ0) is 16.5. The van der Waals surface area contributed by atoms with E-state index in [1.54, 1.807) is 0 Å². The number of benzene rings is 1. The maximum absolute atomic E-state index is 12.6. The Bertz CT molecular complexity index is 559. The number of carbonyl (C=O) groups excluding carboxylic acids is 1. The molecule has 3 N–H and O–H groups in total. The van der Waals surface area contributed by atoms with Gasteiger partial charge in [0.25, 0.3) is 0 Å². The van der Waals surface area contributed by atoms with E-state index in [1.807, 2.05) is 13.8 Å². The maximum atomic E-state index is 12.6. The maximum Gasteiger partial charge on any atom is 0.229 e. The van der Waals surface area contributed by atoms with Crippen LogP contribution in [-0.4, -0.2) is 29.7 Å². The fraction of sp³-hybridized carbons (Fsp3) is 0.611. The van der Waals surface area contributed by atoms with Gasteiger partial charge in [0.2, 0.25) is 5.91 Å². The summed E-state index contributed by atoms with van der Waals surface area (Å²) < 4.78 is 0. The van der Waals surface area contributed by atoms with Crippen molar-refractivity contribution in [3.8, 4) is 0 Å². The molecule has 1 amide bonds. The van der Waals surface area contributed by atoms with Crippen molar-refractivity contribution < 1.29 is 9.90 Å². The predicted molar refractivity (Wildman–Crippen MR) is 88.9 cm³/mol. The Labute approximate surface area is 133 Å². The number of hydrogen-bond donors (Lipinski definition) is 3. The summed E-state index contributed by atoms with van der Waals surface area (Å²) in [6, 6.07) is 6.42. The third-order valence-electron chi connectivity index (χ3n) is 4.22. The molecule has 1 unspecified atom stereocenters. The zero-order valence-corrected chi connectivity index (χ0v) is 14.3. The van der Waals surface area contributed by atoms with Gasteiger partial charge in [0, 0.05) is 13.1 Å². The van der Waals surface area contributed by atoms with E-state index < -0.39 is 5.54 Å². The molecule has 1 aromatic carbocycles. The topological polar surface area (TPSA) is 61.4 Å². The fourth-order valence-corrected chi connectivity index (χ4v) is 2.72. The first-order valence-corrected chi connectivity index (χ1v) is 7.91. The van der Waals surface area contributed by atoms with E-state index in [-0.39, 0.29) is 23.8 Å². The van der Waals surface area contributed by atoms with Crippen LogP contribution in [-0.2, 0) is 16.8 Å². The van der Waals surface area contributed by atoms with Crippen LogP contribution in [0.4, 0.5) is 0 Å². The van der Waals surface area contributed by atoms with Crippen molar-refractivity contribution in [3.05, 3.63) is 34.9 Å². The monoisotopic (exact) mass is 304 g/mol. The van der Waals surface area contributed by atoms with E-state index in [1.165, 1.54) is 11.1 Å². The molecule has 1 atom stereocenters. The number of carbonyl (C=O) groups is 1. The molecule has 0 spiro atoms. The second-order valence-electron chi connectivity index (χ2n) is 7.88. The summed E-state index contributed by atoms with van der Waals surface area (Å²) in [5.74, 6) is -0.236. The van der Waals surface area contributed by atoms with Crippen LogP contribution in [0.25, 0.3) is 0 Å². The van der Waals surface area contributed by atoms with E-state index in [2.05, 4.69) is 49.6 Å². The van der Waals surface area contributed by atoms with Gasteiger partial charge >= 0.3 is 0 Å². The standard InChI is InChI=1S/C18H28N2O2/c1-17(2,3)13-6-7-14-12(8-13)9-19-10-15(14)16(22)20-18(4,5)11-21/h6-8,15,19,21H,9-11H2,1-5H3,(H,20,22). The van der Waals surface area contributed by atoms with Gasteiger partial charge in [-0.2, -0.15) is 0 Å². The highest BCUT2D eigenvalue weighted by molar-refractivity contribution is 5.85. The first-order valence-electron chi connectivity index (χ1n) is 7.91. The number of hydrogen-bond acceptors (Lipinski definition) is 3. The number of fused-ring (bicyclic) bond motifs is 1. The van der Waals surface area contributed by atoms with Gasteiger partial charge in [-0.05, 0) is 36.0 Å². The highest BCUT2D eigenvalue weighted by Crippen LogP contribution is 2.30. The normalized spacial score (nSPS) is 18.7. The molecule has 2 rings (SSSR count). The van der Waals surface area contributed by atoms with Crippen molar-refractivity contribution in [2.24, 2.45) is 0 Å². The van der Waals surface area contributed by atoms with Crippen LogP contribution in [0.2, 0.25) is 0 Å². The van der Waals surface area contributed by atoms with Crippen LogP contribution in [0.1, 0.15) is 57.2 Å². The number of aliphatic hydroxyl groups excluding tert-OH is 1. The van der Waals surface area contributed by atoms with E-state index in [0.717, 1.165) is 12.1 Å². The fourth-order valence-electron chi connectivity index (χ4n) is 2.72. The number of aliphatic hydroxyl groups is 1. The lowest BCUT2D eigenvalue weighted by atomic mass is 9.82. The third-order valence-corrected chi connectivity index (χ3v) is 4.22. The van der Waals surface area contributed by atoms with Gasteiger partial charge < -0.3 is 15.7 Å². The summed E-state index contributed by atoms with van der Waals surface area (Å²) in [5, 5.41) is 15.6. The van der Waals surface area contributed by atoms with Gasteiger partial charge in [-0.1, -0.05) is 39.0 Å². The molecule has 22 heavy (non-hydrogen) atoms. The molecule has 1 aromatic rings. The van der Waals surface area contributed by atoms with Crippen molar-refractivity contribution in [2.45, 2.75) is 58.0 Å². The minimum absolute atomic E-state index is 0.0315. The molecule has 1 aliphatic heterocycles. The molecule has 1 aliphatic rings. The Kier molecular flexibility index (Phi) is 4.64. The average molecular weight is 304 g/mol. The van der Waals surface area contributed by atoms with E-state index in [9.17, 15) is 9.90 Å². The predicted octanol–water partition coefficient (Wildman–Crippen LogP) is 2.06. The molecule has 0 bridgehead atoms. The Morgan fingerprint density at radius 1 is 1.32 bits per heavy atom. The summed E-state index contributed by atoms with van der Waals surface area (Å²) in [4.78, 5) is 12.6. The molecule has 0 aromatic heterocycles. The van der Waals surface area contributed by atoms with Crippen LogP contribution in [0, 0.1) is 0 Å². The van der Waals surface area contributed by atoms with Crippen LogP contribution >= 0.6 is 0 Å². The first-order chi connectivity index (χ1) is 10.1. The summed E-state index contributed by atoms with van der Waals surface area (Å²) in [5.41, 5.74) is 3.08. The first kappa shape index (κ1) is 17.0. The van der Waals surface area contributed by atoms with Gasteiger partial charge in [-0.15, -0.1) is 0 Å².